The Bertz CT molecular complexity index is 766. The summed E-state index contributed by atoms with van der Waals surface area (Å²) in [4.78, 5) is 16.8. The maximum absolute atomic E-state index is 14.7. The molecule has 146 valence electrons. The normalized spacial score (nSPS) is 31.4. The van der Waals surface area contributed by atoms with Gasteiger partial charge < -0.3 is 0 Å². The molecule has 2 unspecified atom stereocenters. The fraction of sp³-hybridized carbons (Fsp3) is 0.667. The van der Waals surface area contributed by atoms with Crippen molar-refractivity contribution >= 4 is 5.91 Å². The number of fused-ring (bicyclic) bond motifs is 1. The van der Waals surface area contributed by atoms with Crippen molar-refractivity contribution in [1.82, 2.24) is 15.3 Å². The van der Waals surface area contributed by atoms with E-state index in [-0.39, 0.29) is 11.4 Å². The van der Waals surface area contributed by atoms with Crippen molar-refractivity contribution in [3.8, 4) is 0 Å². The molecule has 6 heteroatoms. The van der Waals surface area contributed by atoms with Crippen molar-refractivity contribution in [3.05, 3.63) is 34.6 Å². The number of carbonyl (C=O) groups is 1. The first-order chi connectivity index (χ1) is 13.1. The summed E-state index contributed by atoms with van der Waals surface area (Å²) in [7, 11) is 0. The van der Waals surface area contributed by atoms with E-state index in [0.717, 1.165) is 30.1 Å². The Labute approximate surface area is 159 Å². The van der Waals surface area contributed by atoms with Crippen molar-refractivity contribution in [2.24, 2.45) is 5.41 Å². The number of rotatable bonds is 3. The maximum Gasteiger partial charge on any atom is 0.274 e. The highest BCUT2D eigenvalue weighted by Crippen LogP contribution is 2.52. The van der Waals surface area contributed by atoms with E-state index in [1.807, 2.05) is 0 Å². The third kappa shape index (κ3) is 2.98. The second kappa shape index (κ2) is 6.54. The average molecular weight is 373 g/mol. The molecule has 2 aliphatic carbocycles. The molecule has 2 heterocycles. The summed E-state index contributed by atoms with van der Waals surface area (Å²) in [6.45, 7) is 4.04. The van der Waals surface area contributed by atoms with Crippen LogP contribution in [0.25, 0.3) is 0 Å². The molecule has 5 nitrogen and oxygen atoms in total. The zero-order valence-electron chi connectivity index (χ0n) is 15.7. The summed E-state index contributed by atoms with van der Waals surface area (Å²) in [6, 6.07) is 4.37. The van der Waals surface area contributed by atoms with Gasteiger partial charge >= 0.3 is 0 Å². The van der Waals surface area contributed by atoms with Crippen LogP contribution in [-0.4, -0.2) is 52.6 Å². The number of hydrogen-bond donors (Lipinski definition) is 2. The van der Waals surface area contributed by atoms with Crippen LogP contribution in [0.3, 0.4) is 0 Å². The lowest BCUT2D eigenvalue weighted by Gasteiger charge is -2.59. The third-order valence-corrected chi connectivity index (χ3v) is 7.45. The summed E-state index contributed by atoms with van der Waals surface area (Å²) in [5, 5.41) is 8.81. The van der Waals surface area contributed by atoms with Crippen LogP contribution in [0.5, 0.6) is 0 Å². The number of benzene rings is 1. The van der Waals surface area contributed by atoms with Crippen LogP contribution < -0.4 is 5.48 Å². The van der Waals surface area contributed by atoms with Gasteiger partial charge in [0.25, 0.3) is 5.91 Å². The molecule has 0 bridgehead atoms. The predicted molar refractivity (Wildman–Crippen MR) is 99.1 cm³/mol. The van der Waals surface area contributed by atoms with Crippen molar-refractivity contribution in [2.75, 3.05) is 19.6 Å². The number of halogens is 1. The van der Waals surface area contributed by atoms with Crippen LogP contribution in [0.15, 0.2) is 12.1 Å². The zero-order chi connectivity index (χ0) is 18.6. The Balaban J connectivity index is 1.34. The lowest BCUT2D eigenvalue weighted by Crippen LogP contribution is -2.62. The minimum atomic E-state index is -0.653. The highest BCUT2D eigenvalue weighted by atomic mass is 19.1. The molecule has 2 aliphatic heterocycles. The van der Waals surface area contributed by atoms with Crippen LogP contribution in [0.1, 0.15) is 60.0 Å². The van der Waals surface area contributed by atoms with Gasteiger partial charge in [0.2, 0.25) is 0 Å². The van der Waals surface area contributed by atoms with Gasteiger partial charge in [0.05, 0.1) is 0 Å². The number of amides is 1. The van der Waals surface area contributed by atoms with Gasteiger partial charge in [-0.25, -0.2) is 9.87 Å². The summed E-state index contributed by atoms with van der Waals surface area (Å²) >= 11 is 0. The average Bonchev–Trinajstić information content (AvgIpc) is 3.52. The van der Waals surface area contributed by atoms with Gasteiger partial charge in [-0.15, -0.1) is 0 Å². The molecule has 2 atom stereocenters. The molecule has 1 saturated heterocycles. The molecular formula is C21H28FN3O2. The van der Waals surface area contributed by atoms with E-state index in [1.54, 1.807) is 11.5 Å². The maximum atomic E-state index is 14.7. The van der Waals surface area contributed by atoms with Gasteiger partial charge in [-0.2, -0.15) is 0 Å². The fourth-order valence-corrected chi connectivity index (χ4v) is 5.78. The Morgan fingerprint density at radius 2 is 2.04 bits per heavy atom. The zero-order valence-corrected chi connectivity index (χ0v) is 15.7. The van der Waals surface area contributed by atoms with Crippen LogP contribution >= 0.6 is 0 Å². The van der Waals surface area contributed by atoms with Crippen molar-refractivity contribution in [2.45, 2.75) is 63.6 Å². The summed E-state index contributed by atoms with van der Waals surface area (Å²) < 4.78 is 14.7. The van der Waals surface area contributed by atoms with E-state index < -0.39 is 5.91 Å². The second-order valence-corrected chi connectivity index (χ2v) is 8.98. The Morgan fingerprint density at radius 1 is 1.19 bits per heavy atom. The standard InChI is InChI=1S/C21H28FN3O2/c22-18-11-15(20(26)23-27)10-14-5-9-24(12-17(14)18)19-4-7-21(19)6-1-8-25(13-21)16-2-3-16/h10-11,16,19,27H,1-9,12-13H2,(H,23,26). The molecular weight excluding hydrogens is 345 g/mol. The van der Waals surface area contributed by atoms with Crippen LogP contribution in [0.2, 0.25) is 0 Å². The Morgan fingerprint density at radius 3 is 2.74 bits per heavy atom. The minimum Gasteiger partial charge on any atom is -0.300 e. The van der Waals surface area contributed by atoms with Gasteiger partial charge in [0, 0.05) is 42.8 Å². The largest absolute Gasteiger partial charge is 0.300 e. The van der Waals surface area contributed by atoms with Crippen molar-refractivity contribution < 1.29 is 14.4 Å². The molecule has 27 heavy (non-hydrogen) atoms. The first-order valence-electron chi connectivity index (χ1n) is 10.3. The van der Waals surface area contributed by atoms with E-state index in [0.29, 0.717) is 18.0 Å². The smallest absolute Gasteiger partial charge is 0.274 e. The minimum absolute atomic E-state index is 0.190. The molecule has 4 aliphatic rings. The molecule has 3 fully saturated rings. The number of likely N-dealkylation sites (tertiary alicyclic amines) is 1. The molecule has 0 aromatic heterocycles. The molecule has 5 rings (SSSR count). The molecule has 1 amide bonds. The number of hydrogen-bond acceptors (Lipinski definition) is 4. The molecule has 1 aromatic carbocycles. The lowest BCUT2D eigenvalue weighted by atomic mass is 9.59. The summed E-state index contributed by atoms with van der Waals surface area (Å²) in [6.07, 6.45) is 8.63. The van der Waals surface area contributed by atoms with E-state index in [4.69, 9.17) is 5.21 Å². The van der Waals surface area contributed by atoms with Crippen molar-refractivity contribution in [1.29, 1.82) is 0 Å². The number of nitrogens with one attached hydrogen (secondary N) is 1. The first kappa shape index (κ1) is 17.6. The van der Waals surface area contributed by atoms with E-state index in [9.17, 15) is 9.18 Å². The molecule has 2 saturated carbocycles. The van der Waals surface area contributed by atoms with Crippen LogP contribution in [-0.2, 0) is 13.0 Å². The fourth-order valence-electron chi connectivity index (χ4n) is 5.78. The lowest BCUT2D eigenvalue weighted by molar-refractivity contribution is -0.0819. The van der Waals surface area contributed by atoms with Gasteiger partial charge in [-0.05, 0) is 74.6 Å². The van der Waals surface area contributed by atoms with Gasteiger partial charge in [0.15, 0.2) is 0 Å². The van der Waals surface area contributed by atoms with E-state index >= 15 is 0 Å². The Hall–Kier alpha value is -1.50. The van der Waals surface area contributed by atoms with Gasteiger partial charge in [-0.3, -0.25) is 19.8 Å². The first-order valence-corrected chi connectivity index (χ1v) is 10.3. The number of carbonyl (C=O) groups excluding carboxylic acids is 1. The molecule has 1 spiro atoms. The Kier molecular flexibility index (Phi) is 4.26. The van der Waals surface area contributed by atoms with Crippen molar-refractivity contribution in [3.63, 3.8) is 0 Å². The van der Waals surface area contributed by atoms with E-state index in [1.165, 1.54) is 57.7 Å². The highest BCUT2D eigenvalue weighted by Gasteiger charge is 2.52. The second-order valence-electron chi connectivity index (χ2n) is 8.98. The number of piperidine rings is 1. The topological polar surface area (TPSA) is 55.8 Å². The monoisotopic (exact) mass is 373 g/mol. The number of nitrogens with zero attached hydrogens (tertiary/aromatic N) is 2. The van der Waals surface area contributed by atoms with E-state index in [2.05, 4.69) is 9.80 Å². The molecule has 2 N–H and O–H groups in total. The van der Waals surface area contributed by atoms with Crippen LogP contribution in [0, 0.1) is 11.2 Å². The summed E-state index contributed by atoms with van der Waals surface area (Å²) in [5.74, 6) is -0.980. The van der Waals surface area contributed by atoms with Gasteiger partial charge in [-0.1, -0.05) is 0 Å². The molecule has 0 radical (unpaired) electrons. The van der Waals surface area contributed by atoms with Gasteiger partial charge in [0.1, 0.15) is 5.82 Å². The highest BCUT2D eigenvalue weighted by molar-refractivity contribution is 5.93. The summed E-state index contributed by atoms with van der Waals surface area (Å²) in [5.41, 5.74) is 3.83. The SMILES string of the molecule is O=C(NO)c1cc(F)c2c(c1)CCN(C1CCC13CCCN(C1CC1)C3)C2. The predicted octanol–water partition coefficient (Wildman–Crippen LogP) is 2.71. The van der Waals surface area contributed by atoms with Crippen LogP contribution in [0.4, 0.5) is 4.39 Å². The molecule has 1 aromatic rings. The third-order valence-electron chi connectivity index (χ3n) is 7.45. The quantitative estimate of drug-likeness (QED) is 0.632. The number of hydroxylamine groups is 1.